The van der Waals surface area contributed by atoms with Crippen molar-refractivity contribution in [2.45, 2.75) is 6.54 Å². The lowest BCUT2D eigenvalue weighted by Gasteiger charge is -2.36. The van der Waals surface area contributed by atoms with Gasteiger partial charge in [-0.2, -0.15) is 0 Å². The molecule has 0 spiro atoms. The van der Waals surface area contributed by atoms with Crippen LogP contribution in [-0.2, 0) is 16.6 Å². The second-order valence-corrected chi connectivity index (χ2v) is 8.83. The van der Waals surface area contributed by atoms with Crippen LogP contribution in [-0.4, -0.2) is 51.8 Å². The van der Waals surface area contributed by atoms with Crippen molar-refractivity contribution in [3.8, 4) is 0 Å². The van der Waals surface area contributed by atoms with Crippen LogP contribution < -0.4 is 14.9 Å². The zero-order chi connectivity index (χ0) is 20.1. The number of hydrogen-bond acceptors (Lipinski definition) is 4. The maximum Gasteiger partial charge on any atom is 0.317 e. The van der Waals surface area contributed by atoms with E-state index in [4.69, 9.17) is 11.6 Å². The first-order chi connectivity index (χ1) is 13.3. The van der Waals surface area contributed by atoms with E-state index in [0.29, 0.717) is 29.4 Å². The van der Waals surface area contributed by atoms with Crippen LogP contribution in [0.2, 0.25) is 5.02 Å². The zero-order valence-corrected chi connectivity index (χ0v) is 17.1. The van der Waals surface area contributed by atoms with Crippen molar-refractivity contribution in [1.82, 2.24) is 10.2 Å². The standard InChI is InChI=1S/C19H23ClN4O3S/c1-28(26,27)22-18-8-3-2-5-15(18)14-21-19(25)24-11-9-23(10-12-24)17-7-4-6-16(20)13-17/h2-8,13,22H,9-12,14H2,1H3,(H,21,25). The minimum Gasteiger partial charge on any atom is -0.368 e. The van der Waals surface area contributed by atoms with Crippen molar-refractivity contribution in [3.05, 3.63) is 59.1 Å². The molecular weight excluding hydrogens is 400 g/mol. The van der Waals surface area contributed by atoms with Crippen molar-refractivity contribution in [3.63, 3.8) is 0 Å². The minimum absolute atomic E-state index is 0.167. The van der Waals surface area contributed by atoms with Gasteiger partial charge in [-0.3, -0.25) is 4.72 Å². The number of para-hydroxylation sites is 1. The molecule has 2 N–H and O–H groups in total. The molecule has 7 nitrogen and oxygen atoms in total. The second kappa shape index (κ2) is 8.70. The Kier molecular flexibility index (Phi) is 6.31. The maximum absolute atomic E-state index is 12.5. The van der Waals surface area contributed by atoms with Crippen LogP contribution in [0.15, 0.2) is 48.5 Å². The highest BCUT2D eigenvalue weighted by atomic mass is 35.5. The SMILES string of the molecule is CS(=O)(=O)Nc1ccccc1CNC(=O)N1CCN(c2cccc(Cl)c2)CC1. The van der Waals surface area contributed by atoms with Gasteiger partial charge in [0.05, 0.1) is 11.9 Å². The van der Waals surface area contributed by atoms with Gasteiger partial charge in [-0.25, -0.2) is 13.2 Å². The van der Waals surface area contributed by atoms with E-state index in [9.17, 15) is 13.2 Å². The Bertz CT molecular complexity index is 944. The van der Waals surface area contributed by atoms with Gasteiger partial charge in [-0.15, -0.1) is 0 Å². The quantitative estimate of drug-likeness (QED) is 0.776. The highest BCUT2D eigenvalue weighted by Crippen LogP contribution is 2.21. The number of benzene rings is 2. The van der Waals surface area contributed by atoms with Gasteiger partial charge in [-0.1, -0.05) is 35.9 Å². The van der Waals surface area contributed by atoms with Crippen molar-refractivity contribution in [2.24, 2.45) is 0 Å². The molecule has 3 rings (SSSR count). The average molecular weight is 423 g/mol. The Morgan fingerprint density at radius 1 is 1.07 bits per heavy atom. The second-order valence-electron chi connectivity index (χ2n) is 6.64. The monoisotopic (exact) mass is 422 g/mol. The number of urea groups is 1. The predicted octanol–water partition coefficient (Wildman–Crippen LogP) is 2.74. The summed E-state index contributed by atoms with van der Waals surface area (Å²) in [7, 11) is -3.38. The molecule has 2 aromatic carbocycles. The molecule has 2 amide bonds. The first-order valence-corrected chi connectivity index (χ1v) is 11.2. The number of carbonyl (C=O) groups is 1. The van der Waals surface area contributed by atoms with E-state index in [-0.39, 0.29) is 12.6 Å². The molecule has 28 heavy (non-hydrogen) atoms. The van der Waals surface area contributed by atoms with Crippen LogP contribution in [0, 0.1) is 0 Å². The summed E-state index contributed by atoms with van der Waals surface area (Å²) in [5.41, 5.74) is 2.23. The molecule has 0 saturated carbocycles. The third kappa shape index (κ3) is 5.53. The fourth-order valence-electron chi connectivity index (χ4n) is 3.10. The lowest BCUT2D eigenvalue weighted by Crippen LogP contribution is -2.51. The molecule has 150 valence electrons. The topological polar surface area (TPSA) is 81.8 Å². The van der Waals surface area contributed by atoms with Crippen molar-refractivity contribution < 1.29 is 13.2 Å². The molecule has 1 fully saturated rings. The number of halogens is 1. The molecule has 1 aliphatic heterocycles. The minimum atomic E-state index is -3.38. The lowest BCUT2D eigenvalue weighted by molar-refractivity contribution is 0.194. The molecule has 1 aliphatic rings. The lowest BCUT2D eigenvalue weighted by atomic mass is 10.2. The summed E-state index contributed by atoms with van der Waals surface area (Å²) in [6, 6.07) is 14.5. The fourth-order valence-corrected chi connectivity index (χ4v) is 3.88. The van der Waals surface area contributed by atoms with Crippen molar-refractivity contribution in [1.29, 1.82) is 0 Å². The number of carbonyl (C=O) groups excluding carboxylic acids is 1. The van der Waals surface area contributed by atoms with Gasteiger partial charge in [0.15, 0.2) is 0 Å². The van der Waals surface area contributed by atoms with Gasteiger partial charge in [0.2, 0.25) is 10.0 Å². The summed E-state index contributed by atoms with van der Waals surface area (Å²) in [6.07, 6.45) is 1.10. The zero-order valence-electron chi connectivity index (χ0n) is 15.6. The van der Waals surface area contributed by atoms with E-state index in [2.05, 4.69) is 14.9 Å². The number of hydrogen-bond donors (Lipinski definition) is 2. The average Bonchev–Trinajstić information content (AvgIpc) is 2.66. The number of rotatable bonds is 5. The number of nitrogens with zero attached hydrogens (tertiary/aromatic N) is 2. The molecule has 0 unspecified atom stereocenters. The Hall–Kier alpha value is -2.45. The van der Waals surface area contributed by atoms with Crippen LogP contribution in [0.25, 0.3) is 0 Å². The summed E-state index contributed by atoms with van der Waals surface area (Å²) in [6.45, 7) is 2.88. The largest absolute Gasteiger partial charge is 0.368 e. The summed E-state index contributed by atoms with van der Waals surface area (Å²) >= 11 is 6.05. The summed E-state index contributed by atoms with van der Waals surface area (Å²) in [4.78, 5) is 16.5. The van der Waals surface area contributed by atoms with E-state index in [1.807, 2.05) is 24.3 Å². The number of sulfonamides is 1. The van der Waals surface area contributed by atoms with Gasteiger partial charge in [0, 0.05) is 43.4 Å². The smallest absolute Gasteiger partial charge is 0.317 e. The van der Waals surface area contributed by atoms with Crippen LogP contribution in [0.5, 0.6) is 0 Å². The van der Waals surface area contributed by atoms with E-state index in [1.54, 1.807) is 29.2 Å². The Balaban J connectivity index is 1.54. The number of nitrogens with one attached hydrogen (secondary N) is 2. The number of anilines is 2. The molecule has 0 aliphatic carbocycles. The van der Waals surface area contributed by atoms with Crippen LogP contribution >= 0.6 is 11.6 Å². The first-order valence-electron chi connectivity index (χ1n) is 8.91. The van der Waals surface area contributed by atoms with Crippen LogP contribution in [0.3, 0.4) is 0 Å². The predicted molar refractivity (Wildman–Crippen MR) is 112 cm³/mol. The van der Waals surface area contributed by atoms with E-state index in [1.165, 1.54) is 0 Å². The van der Waals surface area contributed by atoms with Crippen LogP contribution in [0.4, 0.5) is 16.2 Å². The molecule has 0 radical (unpaired) electrons. The molecule has 0 bridgehead atoms. The molecule has 1 saturated heterocycles. The van der Waals surface area contributed by atoms with E-state index < -0.39 is 10.0 Å². The molecule has 0 aromatic heterocycles. The Morgan fingerprint density at radius 3 is 2.46 bits per heavy atom. The third-order valence-corrected chi connectivity index (χ3v) is 5.31. The summed E-state index contributed by atoms with van der Waals surface area (Å²) in [5, 5.41) is 3.56. The van der Waals surface area contributed by atoms with Gasteiger partial charge < -0.3 is 15.1 Å². The maximum atomic E-state index is 12.5. The fraction of sp³-hybridized carbons (Fsp3) is 0.316. The van der Waals surface area contributed by atoms with Crippen molar-refractivity contribution in [2.75, 3.05) is 42.1 Å². The van der Waals surface area contributed by atoms with Gasteiger partial charge in [-0.05, 0) is 29.8 Å². The Morgan fingerprint density at radius 2 is 1.79 bits per heavy atom. The number of amides is 2. The molecule has 0 atom stereocenters. The van der Waals surface area contributed by atoms with E-state index >= 15 is 0 Å². The van der Waals surface area contributed by atoms with Crippen LogP contribution in [0.1, 0.15) is 5.56 Å². The molecule has 2 aromatic rings. The molecule has 9 heteroatoms. The molecular formula is C19H23ClN4O3S. The van der Waals surface area contributed by atoms with Gasteiger partial charge in [0.25, 0.3) is 0 Å². The Labute approximate surface area is 170 Å². The summed E-state index contributed by atoms with van der Waals surface area (Å²) < 4.78 is 25.4. The first kappa shape index (κ1) is 20.3. The summed E-state index contributed by atoms with van der Waals surface area (Å²) in [5.74, 6) is 0. The highest BCUT2D eigenvalue weighted by Gasteiger charge is 2.21. The van der Waals surface area contributed by atoms with Crippen molar-refractivity contribution >= 4 is 39.0 Å². The number of piperazine rings is 1. The normalized spacial score (nSPS) is 14.6. The third-order valence-electron chi connectivity index (χ3n) is 4.48. The molecule has 1 heterocycles. The van der Waals surface area contributed by atoms with Gasteiger partial charge >= 0.3 is 6.03 Å². The van der Waals surface area contributed by atoms with Gasteiger partial charge in [0.1, 0.15) is 0 Å². The highest BCUT2D eigenvalue weighted by molar-refractivity contribution is 7.92. The van der Waals surface area contributed by atoms with E-state index in [0.717, 1.165) is 25.0 Å².